The van der Waals surface area contributed by atoms with Crippen LogP contribution < -0.4 is 5.14 Å². The van der Waals surface area contributed by atoms with Crippen molar-refractivity contribution in [2.24, 2.45) is 5.14 Å². The summed E-state index contributed by atoms with van der Waals surface area (Å²) in [5.74, 6) is -0.301. The Kier molecular flexibility index (Phi) is 3.77. The number of rotatable bonds is 4. The number of hydrogen-bond donors (Lipinski definition) is 1. The summed E-state index contributed by atoms with van der Waals surface area (Å²) >= 11 is 0. The van der Waals surface area contributed by atoms with Gasteiger partial charge in [-0.05, 0) is 12.1 Å². The first-order valence-electron chi connectivity index (χ1n) is 6.61. The molecule has 0 saturated carbocycles. The van der Waals surface area contributed by atoms with Crippen LogP contribution in [0, 0.1) is 0 Å². The van der Waals surface area contributed by atoms with Crippen molar-refractivity contribution in [1.29, 1.82) is 0 Å². The normalized spacial score (nSPS) is 11.3. The fourth-order valence-corrected chi connectivity index (χ4v) is 2.83. The minimum absolute atomic E-state index is 0.0939. The van der Waals surface area contributed by atoms with Crippen LogP contribution in [-0.2, 0) is 10.0 Å². The van der Waals surface area contributed by atoms with Gasteiger partial charge in [0.15, 0.2) is 5.69 Å². The van der Waals surface area contributed by atoms with Crippen LogP contribution in [0.5, 0.6) is 0 Å². The summed E-state index contributed by atoms with van der Waals surface area (Å²) < 4.78 is 24.5. The van der Waals surface area contributed by atoms with Crippen LogP contribution in [0.25, 0.3) is 5.69 Å². The van der Waals surface area contributed by atoms with Crippen molar-refractivity contribution in [3.05, 3.63) is 72.1 Å². The van der Waals surface area contributed by atoms with Gasteiger partial charge in [-0.15, -0.1) is 5.10 Å². The number of carbonyl (C=O) groups is 1. The van der Waals surface area contributed by atoms with E-state index in [0.29, 0.717) is 5.56 Å². The average Bonchev–Trinajstić information content (AvgIpc) is 3.04. The molecule has 0 radical (unpaired) electrons. The summed E-state index contributed by atoms with van der Waals surface area (Å²) in [5.41, 5.74) is 0.814. The predicted molar refractivity (Wildman–Crippen MR) is 82.6 cm³/mol. The van der Waals surface area contributed by atoms with E-state index in [1.165, 1.54) is 23.0 Å². The van der Waals surface area contributed by atoms with Gasteiger partial charge in [0.1, 0.15) is 4.90 Å². The standard InChI is InChI=1S/C15H12N4O3S/c16-23(21,22)14-9-5-4-8-13(14)19-10-12(17-18-19)15(20)11-6-2-1-3-7-11/h1-10H,(H2,16,21,22). The third-order valence-electron chi connectivity index (χ3n) is 3.18. The second kappa shape index (κ2) is 5.75. The molecule has 1 aromatic heterocycles. The third-order valence-corrected chi connectivity index (χ3v) is 4.14. The highest BCUT2D eigenvalue weighted by molar-refractivity contribution is 7.89. The number of carbonyl (C=O) groups excluding carboxylic acids is 1. The van der Waals surface area contributed by atoms with Gasteiger partial charge in [0, 0.05) is 5.56 Å². The fraction of sp³-hybridized carbons (Fsp3) is 0. The lowest BCUT2D eigenvalue weighted by Crippen LogP contribution is -2.15. The molecule has 7 nitrogen and oxygen atoms in total. The summed E-state index contributed by atoms with van der Waals surface area (Å²) in [5, 5.41) is 12.8. The molecule has 0 spiro atoms. The zero-order chi connectivity index (χ0) is 16.4. The molecule has 0 bridgehead atoms. The highest BCUT2D eigenvalue weighted by atomic mass is 32.2. The van der Waals surface area contributed by atoms with Gasteiger partial charge in [-0.25, -0.2) is 18.2 Å². The zero-order valence-electron chi connectivity index (χ0n) is 11.8. The molecule has 0 fully saturated rings. The van der Waals surface area contributed by atoms with Crippen LogP contribution in [0.1, 0.15) is 16.1 Å². The van der Waals surface area contributed by atoms with E-state index in [9.17, 15) is 13.2 Å². The topological polar surface area (TPSA) is 108 Å². The smallest absolute Gasteiger partial charge is 0.240 e. The van der Waals surface area contributed by atoms with Crippen molar-refractivity contribution in [3.8, 4) is 5.69 Å². The Bertz CT molecular complexity index is 965. The van der Waals surface area contributed by atoms with Crippen molar-refractivity contribution >= 4 is 15.8 Å². The van der Waals surface area contributed by atoms with E-state index in [2.05, 4.69) is 10.3 Å². The van der Waals surface area contributed by atoms with E-state index < -0.39 is 10.0 Å². The average molecular weight is 328 g/mol. The molecule has 3 rings (SSSR count). The molecule has 0 aliphatic heterocycles. The summed E-state index contributed by atoms with van der Waals surface area (Å²) in [4.78, 5) is 12.2. The second-order valence-corrected chi connectivity index (χ2v) is 6.29. The third kappa shape index (κ3) is 3.03. The molecule has 2 N–H and O–H groups in total. The number of primary sulfonamides is 1. The van der Waals surface area contributed by atoms with Crippen LogP contribution in [0.3, 0.4) is 0 Å². The van der Waals surface area contributed by atoms with Gasteiger partial charge in [-0.1, -0.05) is 47.7 Å². The number of aromatic nitrogens is 3. The quantitative estimate of drug-likeness (QED) is 0.723. The Morgan fingerprint density at radius 2 is 1.65 bits per heavy atom. The molecule has 23 heavy (non-hydrogen) atoms. The molecule has 2 aromatic carbocycles. The molecule has 116 valence electrons. The Balaban J connectivity index is 2.03. The molecule has 0 aliphatic carbocycles. The van der Waals surface area contributed by atoms with Gasteiger partial charge in [-0.3, -0.25) is 4.79 Å². The number of hydrogen-bond acceptors (Lipinski definition) is 5. The monoisotopic (exact) mass is 328 g/mol. The Morgan fingerprint density at radius 1 is 1.00 bits per heavy atom. The summed E-state index contributed by atoms with van der Waals surface area (Å²) in [6, 6.07) is 14.7. The molecule has 3 aromatic rings. The van der Waals surface area contributed by atoms with Crippen molar-refractivity contribution in [2.75, 3.05) is 0 Å². The number of nitrogens with zero attached hydrogens (tertiary/aromatic N) is 3. The second-order valence-electron chi connectivity index (χ2n) is 4.76. The van der Waals surface area contributed by atoms with Gasteiger partial charge in [0.25, 0.3) is 0 Å². The lowest BCUT2D eigenvalue weighted by Gasteiger charge is -2.05. The van der Waals surface area contributed by atoms with Crippen molar-refractivity contribution < 1.29 is 13.2 Å². The van der Waals surface area contributed by atoms with E-state index in [1.54, 1.807) is 42.5 Å². The highest BCUT2D eigenvalue weighted by Crippen LogP contribution is 2.18. The minimum atomic E-state index is -3.92. The first-order valence-corrected chi connectivity index (χ1v) is 8.16. The minimum Gasteiger partial charge on any atom is -0.287 e. The van der Waals surface area contributed by atoms with E-state index >= 15 is 0 Å². The van der Waals surface area contributed by atoms with Gasteiger partial charge < -0.3 is 0 Å². The van der Waals surface area contributed by atoms with Crippen LogP contribution in [-0.4, -0.2) is 29.2 Å². The number of para-hydroxylation sites is 1. The van der Waals surface area contributed by atoms with Crippen LogP contribution >= 0.6 is 0 Å². The first kappa shape index (κ1) is 15.1. The molecule has 1 heterocycles. The van der Waals surface area contributed by atoms with Crippen LogP contribution in [0.4, 0.5) is 0 Å². The SMILES string of the molecule is NS(=O)(=O)c1ccccc1-n1cc(C(=O)c2ccccc2)nn1. The van der Waals surface area contributed by atoms with E-state index in [-0.39, 0.29) is 22.1 Å². The predicted octanol–water partition coefficient (Wildman–Crippen LogP) is 1.15. The molecule has 0 unspecified atom stereocenters. The number of nitrogens with two attached hydrogens (primary N) is 1. The van der Waals surface area contributed by atoms with Gasteiger partial charge in [-0.2, -0.15) is 0 Å². The summed E-state index contributed by atoms with van der Waals surface area (Å²) in [6.45, 7) is 0. The Labute approximate surface area is 132 Å². The van der Waals surface area contributed by atoms with Gasteiger partial charge in [0.05, 0.1) is 11.9 Å². The first-order chi connectivity index (χ1) is 11.0. The van der Waals surface area contributed by atoms with Crippen molar-refractivity contribution in [3.63, 3.8) is 0 Å². The number of ketones is 1. The largest absolute Gasteiger partial charge is 0.287 e. The molecule has 0 amide bonds. The van der Waals surface area contributed by atoms with Crippen molar-refractivity contribution in [1.82, 2.24) is 15.0 Å². The molecule has 0 aliphatic rings. The maximum atomic E-state index is 12.3. The van der Waals surface area contributed by atoms with E-state index in [1.807, 2.05) is 0 Å². The number of benzene rings is 2. The lowest BCUT2D eigenvalue weighted by atomic mass is 10.1. The summed E-state index contributed by atoms with van der Waals surface area (Å²) in [7, 11) is -3.92. The molecular formula is C15H12N4O3S. The summed E-state index contributed by atoms with van der Waals surface area (Å²) in [6.07, 6.45) is 1.37. The molecule has 8 heteroatoms. The zero-order valence-corrected chi connectivity index (χ0v) is 12.6. The molecule has 0 saturated heterocycles. The van der Waals surface area contributed by atoms with E-state index in [0.717, 1.165) is 0 Å². The fourth-order valence-electron chi connectivity index (χ4n) is 2.11. The highest BCUT2D eigenvalue weighted by Gasteiger charge is 2.18. The molecular weight excluding hydrogens is 316 g/mol. The number of sulfonamides is 1. The van der Waals surface area contributed by atoms with Crippen molar-refractivity contribution in [2.45, 2.75) is 4.90 Å². The van der Waals surface area contributed by atoms with Crippen LogP contribution in [0.15, 0.2) is 65.7 Å². The van der Waals surface area contributed by atoms with Gasteiger partial charge >= 0.3 is 0 Å². The Morgan fingerprint density at radius 3 is 2.35 bits per heavy atom. The van der Waals surface area contributed by atoms with Gasteiger partial charge in [0.2, 0.25) is 15.8 Å². The molecule has 0 atom stereocenters. The van der Waals surface area contributed by atoms with Crippen LogP contribution in [0.2, 0.25) is 0 Å². The van der Waals surface area contributed by atoms with E-state index in [4.69, 9.17) is 5.14 Å². The maximum Gasteiger partial charge on any atom is 0.240 e. The Hall–Kier alpha value is -2.84. The maximum absolute atomic E-state index is 12.3. The lowest BCUT2D eigenvalue weighted by molar-refractivity contribution is 0.103.